The molecule has 4 rings (SSSR count). The lowest BCUT2D eigenvalue weighted by Crippen LogP contribution is -2.44. The minimum atomic E-state index is -0.741. The van der Waals surface area contributed by atoms with Gasteiger partial charge in [0.05, 0.1) is 18.2 Å². The Bertz CT molecular complexity index is 507. The molecule has 0 spiro atoms. The molecule has 0 aromatic heterocycles. The van der Waals surface area contributed by atoms with Gasteiger partial charge in [0.25, 0.3) is 0 Å². The average Bonchev–Trinajstić information content (AvgIpc) is 3.02. The van der Waals surface area contributed by atoms with Crippen molar-refractivity contribution in [3.8, 4) is 0 Å². The van der Waals surface area contributed by atoms with Crippen molar-refractivity contribution in [3.63, 3.8) is 0 Å². The van der Waals surface area contributed by atoms with Gasteiger partial charge in [-0.25, -0.2) is 0 Å². The predicted octanol–water partition coefficient (Wildman–Crippen LogP) is 1.45. The van der Waals surface area contributed by atoms with E-state index in [1.54, 1.807) is 0 Å². The Hall–Kier alpha value is -0.940. The number of rotatable bonds is 6. The molecular weight excluding hydrogens is 288 g/mol. The van der Waals surface area contributed by atoms with Crippen molar-refractivity contribution in [1.29, 1.82) is 0 Å². The standard InChI is InChI=1S/C19H28N2O2/c22-18(13-8-4-5-9-13)19(23)16(12-6-2-1-3-7-12)21-17-14-10-20-11-15(14)17/h1-3,6-7,13-23H,4-5,8-11H2. The number of hydrogen-bond acceptors (Lipinski definition) is 4. The Morgan fingerprint density at radius 2 is 1.65 bits per heavy atom. The van der Waals surface area contributed by atoms with Gasteiger partial charge >= 0.3 is 0 Å². The molecule has 1 saturated heterocycles. The highest BCUT2D eigenvalue weighted by atomic mass is 16.3. The van der Waals surface area contributed by atoms with Crippen LogP contribution in [0.15, 0.2) is 30.3 Å². The molecule has 23 heavy (non-hydrogen) atoms. The largest absolute Gasteiger partial charge is 0.390 e. The quantitative estimate of drug-likeness (QED) is 0.641. The second-order valence-corrected chi connectivity index (χ2v) is 7.59. The second kappa shape index (κ2) is 6.52. The van der Waals surface area contributed by atoms with Crippen LogP contribution in [0.1, 0.15) is 37.3 Å². The monoisotopic (exact) mass is 316 g/mol. The number of fused-ring (bicyclic) bond motifs is 1. The van der Waals surface area contributed by atoms with Crippen LogP contribution in [-0.4, -0.2) is 41.6 Å². The van der Waals surface area contributed by atoms with Crippen LogP contribution in [0.4, 0.5) is 0 Å². The van der Waals surface area contributed by atoms with Crippen LogP contribution in [0.5, 0.6) is 0 Å². The molecule has 5 atom stereocenters. The number of benzene rings is 1. The molecular formula is C19H28N2O2. The van der Waals surface area contributed by atoms with Gasteiger partial charge < -0.3 is 20.8 Å². The van der Waals surface area contributed by atoms with E-state index in [1.165, 1.54) is 12.8 Å². The van der Waals surface area contributed by atoms with Crippen molar-refractivity contribution < 1.29 is 10.2 Å². The van der Waals surface area contributed by atoms with Gasteiger partial charge in [-0.2, -0.15) is 0 Å². The van der Waals surface area contributed by atoms with Gasteiger partial charge in [-0.1, -0.05) is 43.2 Å². The van der Waals surface area contributed by atoms with Gasteiger partial charge in [-0.3, -0.25) is 0 Å². The zero-order valence-electron chi connectivity index (χ0n) is 13.6. The van der Waals surface area contributed by atoms with Crippen LogP contribution >= 0.6 is 0 Å². The van der Waals surface area contributed by atoms with E-state index < -0.39 is 12.2 Å². The van der Waals surface area contributed by atoms with E-state index in [2.05, 4.69) is 22.8 Å². The number of piperidine rings is 1. The van der Waals surface area contributed by atoms with E-state index in [1.807, 2.05) is 18.2 Å². The topological polar surface area (TPSA) is 64.5 Å². The first-order valence-corrected chi connectivity index (χ1v) is 9.13. The molecule has 3 aliphatic rings. The first-order chi connectivity index (χ1) is 11.3. The van der Waals surface area contributed by atoms with Crippen molar-refractivity contribution in [2.45, 2.75) is 50.0 Å². The first-order valence-electron chi connectivity index (χ1n) is 9.13. The van der Waals surface area contributed by atoms with Gasteiger partial charge in [0.1, 0.15) is 0 Å². The van der Waals surface area contributed by atoms with Crippen molar-refractivity contribution in [2.24, 2.45) is 17.8 Å². The maximum Gasteiger partial charge on any atom is 0.0995 e. The van der Waals surface area contributed by atoms with E-state index in [0.717, 1.165) is 31.5 Å². The summed E-state index contributed by atoms with van der Waals surface area (Å²) in [5.41, 5.74) is 1.08. The molecule has 4 N–H and O–H groups in total. The second-order valence-electron chi connectivity index (χ2n) is 7.59. The molecule has 4 heteroatoms. The maximum atomic E-state index is 10.9. The Kier molecular flexibility index (Phi) is 4.41. The Labute approximate surface area is 138 Å². The molecule has 5 unspecified atom stereocenters. The third-order valence-corrected chi connectivity index (χ3v) is 6.20. The fraction of sp³-hybridized carbons (Fsp3) is 0.684. The highest BCUT2D eigenvalue weighted by Crippen LogP contribution is 2.43. The lowest BCUT2D eigenvalue weighted by molar-refractivity contribution is -0.0362. The summed E-state index contributed by atoms with van der Waals surface area (Å²) in [6.45, 7) is 2.15. The number of nitrogens with one attached hydrogen (secondary N) is 2. The smallest absolute Gasteiger partial charge is 0.0995 e. The van der Waals surface area contributed by atoms with Crippen LogP contribution < -0.4 is 10.6 Å². The maximum absolute atomic E-state index is 10.9. The van der Waals surface area contributed by atoms with Crippen LogP contribution in [0.25, 0.3) is 0 Å². The molecule has 0 bridgehead atoms. The molecule has 4 nitrogen and oxygen atoms in total. The molecule has 3 fully saturated rings. The lowest BCUT2D eigenvalue weighted by Gasteiger charge is -2.32. The van der Waals surface area contributed by atoms with E-state index >= 15 is 0 Å². The van der Waals surface area contributed by atoms with E-state index in [9.17, 15) is 10.2 Å². The third-order valence-electron chi connectivity index (χ3n) is 6.20. The van der Waals surface area contributed by atoms with Gasteiger partial charge in [-0.15, -0.1) is 0 Å². The number of aliphatic hydroxyl groups is 2. The summed E-state index contributed by atoms with van der Waals surface area (Å²) in [6.07, 6.45) is 3.06. The summed E-state index contributed by atoms with van der Waals surface area (Å²) in [7, 11) is 0. The van der Waals surface area contributed by atoms with E-state index in [-0.39, 0.29) is 12.0 Å². The Morgan fingerprint density at radius 3 is 2.30 bits per heavy atom. The molecule has 1 aromatic carbocycles. The SMILES string of the molecule is OC(C1CCCC1)C(O)C(NC1C2CNCC21)c1ccccc1. The summed E-state index contributed by atoms with van der Waals surface area (Å²) in [6, 6.07) is 10.4. The molecule has 0 radical (unpaired) electrons. The van der Waals surface area contributed by atoms with Gasteiger partial charge in [0.2, 0.25) is 0 Å². The van der Waals surface area contributed by atoms with Crippen LogP contribution in [0.2, 0.25) is 0 Å². The first kappa shape index (κ1) is 15.6. The summed E-state index contributed by atoms with van der Waals surface area (Å²) >= 11 is 0. The third kappa shape index (κ3) is 3.05. The average molecular weight is 316 g/mol. The normalized spacial score (nSPS) is 34.1. The van der Waals surface area contributed by atoms with Crippen LogP contribution in [0, 0.1) is 17.8 Å². The van der Waals surface area contributed by atoms with Crippen LogP contribution in [0.3, 0.4) is 0 Å². The predicted molar refractivity (Wildman–Crippen MR) is 89.9 cm³/mol. The van der Waals surface area contributed by atoms with E-state index in [0.29, 0.717) is 17.9 Å². The Balaban J connectivity index is 1.49. The van der Waals surface area contributed by atoms with Crippen molar-refractivity contribution >= 4 is 0 Å². The zero-order chi connectivity index (χ0) is 15.8. The summed E-state index contributed by atoms with van der Waals surface area (Å²) in [5.74, 6) is 1.63. The molecule has 126 valence electrons. The van der Waals surface area contributed by atoms with Crippen LogP contribution in [-0.2, 0) is 0 Å². The highest BCUT2D eigenvalue weighted by Gasteiger charge is 2.54. The minimum Gasteiger partial charge on any atom is -0.390 e. The fourth-order valence-corrected chi connectivity index (χ4v) is 4.70. The van der Waals surface area contributed by atoms with Crippen molar-refractivity contribution in [2.75, 3.05) is 13.1 Å². The van der Waals surface area contributed by atoms with E-state index in [4.69, 9.17) is 0 Å². The molecule has 0 amide bonds. The van der Waals surface area contributed by atoms with Gasteiger partial charge in [0, 0.05) is 6.04 Å². The summed E-state index contributed by atoms with van der Waals surface area (Å²) in [5, 5.41) is 28.7. The van der Waals surface area contributed by atoms with Gasteiger partial charge in [-0.05, 0) is 49.2 Å². The zero-order valence-corrected chi connectivity index (χ0v) is 13.6. The fourth-order valence-electron chi connectivity index (χ4n) is 4.70. The minimum absolute atomic E-state index is 0.178. The number of hydrogen-bond donors (Lipinski definition) is 4. The summed E-state index contributed by atoms with van der Waals surface area (Å²) in [4.78, 5) is 0. The summed E-state index contributed by atoms with van der Waals surface area (Å²) < 4.78 is 0. The molecule has 1 aliphatic heterocycles. The molecule has 1 heterocycles. The Morgan fingerprint density at radius 1 is 1.00 bits per heavy atom. The number of aliphatic hydroxyl groups excluding tert-OH is 2. The van der Waals surface area contributed by atoms with Crippen molar-refractivity contribution in [3.05, 3.63) is 35.9 Å². The molecule has 2 saturated carbocycles. The molecule has 1 aromatic rings. The van der Waals surface area contributed by atoms with Gasteiger partial charge in [0.15, 0.2) is 0 Å². The molecule has 2 aliphatic carbocycles. The highest BCUT2D eigenvalue weighted by molar-refractivity contribution is 5.23. The lowest BCUT2D eigenvalue weighted by atomic mass is 9.89. The van der Waals surface area contributed by atoms with Crippen molar-refractivity contribution in [1.82, 2.24) is 10.6 Å².